The molecule has 5 rings (SSSR count). The third-order valence-electron chi connectivity index (χ3n) is 5.13. The Labute approximate surface area is 167 Å². The van der Waals surface area contributed by atoms with Crippen LogP contribution in [0.25, 0.3) is 21.6 Å². The van der Waals surface area contributed by atoms with Crippen LogP contribution in [0.3, 0.4) is 0 Å². The van der Waals surface area contributed by atoms with E-state index < -0.39 is 0 Å². The molecule has 0 saturated heterocycles. The molecule has 3 heterocycles. The summed E-state index contributed by atoms with van der Waals surface area (Å²) in [5, 5.41) is 14.2. The zero-order valence-electron chi connectivity index (χ0n) is 15.4. The number of rotatable bonds is 5. The van der Waals surface area contributed by atoms with Gasteiger partial charge in [0.25, 0.3) is 0 Å². The van der Waals surface area contributed by atoms with E-state index in [-0.39, 0.29) is 0 Å². The highest BCUT2D eigenvalue weighted by atomic mass is 32.1. The van der Waals surface area contributed by atoms with Crippen LogP contribution in [0.2, 0.25) is 0 Å². The van der Waals surface area contributed by atoms with E-state index in [2.05, 4.69) is 10.3 Å². The second kappa shape index (κ2) is 7.20. The van der Waals surface area contributed by atoms with Crippen LogP contribution in [0.5, 0.6) is 5.75 Å². The lowest BCUT2D eigenvalue weighted by molar-refractivity contribution is 0.475. The minimum absolute atomic E-state index is 0.296. The van der Waals surface area contributed by atoms with Gasteiger partial charge in [0, 0.05) is 29.4 Å². The first-order valence-corrected chi connectivity index (χ1v) is 10.3. The standard InChI is InChI=1S/C22H20N4OS/c27-16-8-6-14(7-9-16)10-12-24-21-19-17-4-1-5-18(17)28-22(19)26-20(25-21)15-3-2-11-23-13-15/h2-3,6-9,11,13,27H,1,4-5,10,12H2,(H,24,25,26). The minimum atomic E-state index is 0.296. The molecule has 1 aromatic carbocycles. The number of pyridine rings is 1. The van der Waals surface area contributed by atoms with E-state index in [0.29, 0.717) is 11.6 Å². The number of nitrogens with zero attached hydrogens (tertiary/aromatic N) is 3. The fourth-order valence-corrected chi connectivity index (χ4v) is 5.00. The third kappa shape index (κ3) is 3.20. The van der Waals surface area contributed by atoms with Gasteiger partial charge < -0.3 is 10.4 Å². The number of hydrogen-bond donors (Lipinski definition) is 2. The number of phenolic OH excluding ortho intramolecular Hbond substituents is 1. The summed E-state index contributed by atoms with van der Waals surface area (Å²) in [6, 6.07) is 11.3. The summed E-state index contributed by atoms with van der Waals surface area (Å²) in [5.74, 6) is 1.93. The lowest BCUT2D eigenvalue weighted by Crippen LogP contribution is -2.08. The summed E-state index contributed by atoms with van der Waals surface area (Å²) in [5.41, 5.74) is 3.53. The van der Waals surface area contributed by atoms with E-state index in [1.54, 1.807) is 29.7 Å². The predicted octanol–water partition coefficient (Wildman–Crippen LogP) is 4.60. The Morgan fingerprint density at radius 3 is 2.79 bits per heavy atom. The Morgan fingerprint density at radius 1 is 1.07 bits per heavy atom. The van der Waals surface area contributed by atoms with Gasteiger partial charge in [0.2, 0.25) is 0 Å². The highest BCUT2D eigenvalue weighted by Crippen LogP contribution is 2.40. The van der Waals surface area contributed by atoms with Crippen LogP contribution in [0, 0.1) is 0 Å². The molecule has 0 unspecified atom stereocenters. The maximum absolute atomic E-state index is 9.45. The van der Waals surface area contributed by atoms with Gasteiger partial charge in [-0.25, -0.2) is 9.97 Å². The molecule has 0 bridgehead atoms. The van der Waals surface area contributed by atoms with Crippen LogP contribution < -0.4 is 5.32 Å². The van der Waals surface area contributed by atoms with Crippen LogP contribution in [-0.4, -0.2) is 26.6 Å². The number of phenols is 1. The number of aryl methyl sites for hydroxylation is 2. The van der Waals surface area contributed by atoms with Crippen molar-refractivity contribution in [3.8, 4) is 17.1 Å². The molecule has 0 fully saturated rings. The lowest BCUT2D eigenvalue weighted by Gasteiger charge is -2.10. The lowest BCUT2D eigenvalue weighted by atomic mass is 10.1. The number of aromatic nitrogens is 3. The van der Waals surface area contributed by atoms with Gasteiger partial charge in [-0.05, 0) is 61.1 Å². The van der Waals surface area contributed by atoms with Crippen molar-refractivity contribution < 1.29 is 5.11 Å². The molecule has 1 aliphatic carbocycles. The molecule has 4 aromatic rings. The van der Waals surface area contributed by atoms with E-state index >= 15 is 0 Å². The molecule has 5 nitrogen and oxygen atoms in total. The SMILES string of the molecule is Oc1ccc(CCNc2nc(-c3cccnc3)nc3sc4c(c23)CCC4)cc1. The van der Waals surface area contributed by atoms with Crippen LogP contribution in [0.15, 0.2) is 48.8 Å². The van der Waals surface area contributed by atoms with Crippen LogP contribution in [0.4, 0.5) is 5.82 Å². The number of benzene rings is 1. The average molecular weight is 388 g/mol. The van der Waals surface area contributed by atoms with E-state index in [1.807, 2.05) is 30.5 Å². The summed E-state index contributed by atoms with van der Waals surface area (Å²) in [4.78, 5) is 16.4. The molecule has 140 valence electrons. The van der Waals surface area contributed by atoms with E-state index in [4.69, 9.17) is 9.97 Å². The largest absolute Gasteiger partial charge is 0.508 e. The van der Waals surface area contributed by atoms with Gasteiger partial charge in [-0.15, -0.1) is 11.3 Å². The minimum Gasteiger partial charge on any atom is -0.508 e. The molecule has 0 radical (unpaired) electrons. The van der Waals surface area contributed by atoms with Crippen molar-refractivity contribution in [2.24, 2.45) is 0 Å². The van der Waals surface area contributed by atoms with E-state index in [1.165, 1.54) is 27.8 Å². The van der Waals surface area contributed by atoms with E-state index in [9.17, 15) is 5.11 Å². The van der Waals surface area contributed by atoms with Crippen molar-refractivity contribution in [2.75, 3.05) is 11.9 Å². The number of nitrogens with one attached hydrogen (secondary N) is 1. The zero-order valence-corrected chi connectivity index (χ0v) is 16.2. The Kier molecular flexibility index (Phi) is 4.41. The Morgan fingerprint density at radius 2 is 1.96 bits per heavy atom. The first-order valence-electron chi connectivity index (χ1n) is 9.52. The summed E-state index contributed by atoms with van der Waals surface area (Å²) in [6.45, 7) is 0.772. The number of aromatic hydroxyl groups is 1. The van der Waals surface area contributed by atoms with Crippen molar-refractivity contribution in [3.05, 3.63) is 64.8 Å². The van der Waals surface area contributed by atoms with Gasteiger partial charge in [-0.2, -0.15) is 0 Å². The van der Waals surface area contributed by atoms with Gasteiger partial charge in [0.15, 0.2) is 5.82 Å². The Bertz CT molecular complexity index is 1120. The first kappa shape index (κ1) is 17.1. The average Bonchev–Trinajstić information content (AvgIpc) is 3.31. The summed E-state index contributed by atoms with van der Waals surface area (Å²) >= 11 is 1.80. The molecule has 6 heteroatoms. The number of thiophene rings is 1. The maximum atomic E-state index is 9.45. The number of anilines is 1. The van der Waals surface area contributed by atoms with Gasteiger partial charge in [0.05, 0.1) is 5.39 Å². The van der Waals surface area contributed by atoms with Crippen LogP contribution in [-0.2, 0) is 19.3 Å². The van der Waals surface area contributed by atoms with Crippen molar-refractivity contribution in [2.45, 2.75) is 25.7 Å². The molecule has 0 saturated carbocycles. The molecule has 28 heavy (non-hydrogen) atoms. The van der Waals surface area contributed by atoms with Gasteiger partial charge in [0.1, 0.15) is 16.4 Å². The Balaban J connectivity index is 1.49. The summed E-state index contributed by atoms with van der Waals surface area (Å²) in [6.07, 6.45) is 7.90. The van der Waals surface area contributed by atoms with Crippen molar-refractivity contribution >= 4 is 27.4 Å². The number of fused-ring (bicyclic) bond motifs is 3. The summed E-state index contributed by atoms with van der Waals surface area (Å²) < 4.78 is 0. The molecule has 0 amide bonds. The second-order valence-corrected chi connectivity index (χ2v) is 8.10. The quantitative estimate of drug-likeness (QED) is 0.523. The highest BCUT2D eigenvalue weighted by molar-refractivity contribution is 7.19. The van der Waals surface area contributed by atoms with Crippen LogP contribution >= 0.6 is 11.3 Å². The first-order chi connectivity index (χ1) is 13.8. The molecular formula is C22H20N4OS. The topological polar surface area (TPSA) is 70.9 Å². The van der Waals surface area contributed by atoms with E-state index in [0.717, 1.165) is 42.0 Å². The third-order valence-corrected chi connectivity index (χ3v) is 6.31. The van der Waals surface area contributed by atoms with Gasteiger partial charge >= 0.3 is 0 Å². The molecule has 0 spiro atoms. The smallest absolute Gasteiger partial charge is 0.164 e. The fourth-order valence-electron chi connectivity index (χ4n) is 3.74. The van der Waals surface area contributed by atoms with Crippen molar-refractivity contribution in [1.82, 2.24) is 15.0 Å². The van der Waals surface area contributed by atoms with Crippen molar-refractivity contribution in [1.29, 1.82) is 0 Å². The summed E-state index contributed by atoms with van der Waals surface area (Å²) in [7, 11) is 0. The monoisotopic (exact) mass is 388 g/mol. The molecule has 3 aromatic heterocycles. The zero-order chi connectivity index (χ0) is 18.9. The molecule has 0 atom stereocenters. The normalized spacial score (nSPS) is 13.0. The van der Waals surface area contributed by atoms with Gasteiger partial charge in [-0.3, -0.25) is 4.98 Å². The van der Waals surface area contributed by atoms with Gasteiger partial charge in [-0.1, -0.05) is 12.1 Å². The molecular weight excluding hydrogens is 368 g/mol. The number of hydrogen-bond acceptors (Lipinski definition) is 6. The van der Waals surface area contributed by atoms with Crippen LogP contribution in [0.1, 0.15) is 22.4 Å². The fraction of sp³-hybridized carbons (Fsp3) is 0.227. The second-order valence-electron chi connectivity index (χ2n) is 7.02. The maximum Gasteiger partial charge on any atom is 0.164 e. The highest BCUT2D eigenvalue weighted by Gasteiger charge is 2.22. The molecule has 0 aliphatic heterocycles. The Hall–Kier alpha value is -2.99. The van der Waals surface area contributed by atoms with Crippen molar-refractivity contribution in [3.63, 3.8) is 0 Å². The molecule has 2 N–H and O–H groups in total. The predicted molar refractivity (Wildman–Crippen MR) is 113 cm³/mol. The molecule has 1 aliphatic rings.